The molecule has 2 N–H and O–H groups in total. The van der Waals surface area contributed by atoms with Gasteiger partial charge in [-0.25, -0.2) is 9.59 Å². The van der Waals surface area contributed by atoms with Crippen LogP contribution in [0.2, 0.25) is 0 Å². The molecule has 1 fully saturated rings. The molecule has 0 aromatic carbocycles. The number of hydrogen-bond donors (Lipinski definition) is 2. The van der Waals surface area contributed by atoms with Crippen LogP contribution in [-0.4, -0.2) is 53.3 Å². The molecule has 18 heavy (non-hydrogen) atoms. The van der Waals surface area contributed by atoms with Gasteiger partial charge in [0.1, 0.15) is 5.54 Å². The fourth-order valence-corrected chi connectivity index (χ4v) is 1.72. The highest BCUT2D eigenvalue weighted by Crippen LogP contribution is 2.24. The first-order chi connectivity index (χ1) is 8.28. The normalized spacial score (nSPS) is 23.1. The van der Waals surface area contributed by atoms with E-state index in [1.54, 1.807) is 0 Å². The molecule has 0 bridgehead atoms. The molecule has 0 heterocycles. The van der Waals surface area contributed by atoms with Crippen LogP contribution in [0.1, 0.15) is 33.6 Å². The molecule has 0 spiro atoms. The molecular formula is C12H22N2O4. The monoisotopic (exact) mass is 258 g/mol. The first kappa shape index (κ1) is 14.8. The second-order valence-electron chi connectivity index (χ2n) is 5.12. The second-order valence-corrected chi connectivity index (χ2v) is 5.12. The average molecular weight is 258 g/mol. The highest BCUT2D eigenvalue weighted by Gasteiger charge is 2.37. The Morgan fingerprint density at radius 2 is 2.00 bits per heavy atom. The molecule has 0 saturated heterocycles. The number of nitrogens with zero attached hydrogens (tertiary/aromatic N) is 1. The van der Waals surface area contributed by atoms with Crippen LogP contribution in [0.25, 0.3) is 0 Å². The first-order valence-electron chi connectivity index (χ1n) is 6.18. The minimum atomic E-state index is -1.22. The molecule has 6 heteroatoms. The Morgan fingerprint density at radius 1 is 1.44 bits per heavy atom. The lowest BCUT2D eigenvalue weighted by atomic mass is 9.89. The lowest BCUT2D eigenvalue weighted by molar-refractivity contribution is -0.147. The van der Waals surface area contributed by atoms with E-state index in [0.29, 0.717) is 6.61 Å². The molecule has 0 aliphatic heterocycles. The van der Waals surface area contributed by atoms with Crippen molar-refractivity contribution in [3.8, 4) is 0 Å². The Balaban J connectivity index is 2.41. The minimum absolute atomic E-state index is 0.0843. The predicted octanol–water partition coefficient (Wildman–Crippen LogP) is 1.06. The third-order valence-electron chi connectivity index (χ3n) is 3.49. The SMILES string of the molecule is CCOC1CC(NC(=O)N(C)C(C)(C)C(=O)O)C1. The third-order valence-corrected chi connectivity index (χ3v) is 3.49. The molecule has 1 saturated carbocycles. The van der Waals surface area contributed by atoms with E-state index in [0.717, 1.165) is 12.8 Å². The van der Waals surface area contributed by atoms with E-state index >= 15 is 0 Å². The van der Waals surface area contributed by atoms with Gasteiger partial charge in [0.25, 0.3) is 0 Å². The fourth-order valence-electron chi connectivity index (χ4n) is 1.72. The maximum absolute atomic E-state index is 11.9. The van der Waals surface area contributed by atoms with Gasteiger partial charge in [-0.3, -0.25) is 0 Å². The number of ether oxygens (including phenoxy) is 1. The Morgan fingerprint density at radius 3 is 2.44 bits per heavy atom. The minimum Gasteiger partial charge on any atom is -0.480 e. The van der Waals surface area contributed by atoms with Crippen LogP contribution in [0.15, 0.2) is 0 Å². The molecule has 0 unspecified atom stereocenters. The zero-order valence-corrected chi connectivity index (χ0v) is 11.4. The summed E-state index contributed by atoms with van der Waals surface area (Å²) < 4.78 is 5.40. The summed E-state index contributed by atoms with van der Waals surface area (Å²) in [6, 6.07) is -0.275. The van der Waals surface area contributed by atoms with Gasteiger partial charge in [-0.2, -0.15) is 0 Å². The first-order valence-corrected chi connectivity index (χ1v) is 6.18. The topological polar surface area (TPSA) is 78.9 Å². The smallest absolute Gasteiger partial charge is 0.329 e. The van der Waals surface area contributed by atoms with Crippen LogP contribution < -0.4 is 5.32 Å². The lowest BCUT2D eigenvalue weighted by Crippen LogP contribution is -2.58. The van der Waals surface area contributed by atoms with Crippen LogP contribution in [0.5, 0.6) is 0 Å². The van der Waals surface area contributed by atoms with Crippen molar-refractivity contribution in [3.05, 3.63) is 0 Å². The quantitative estimate of drug-likeness (QED) is 0.772. The standard InChI is InChI=1S/C12H22N2O4/c1-5-18-9-6-8(7-9)13-11(17)14(4)12(2,3)10(15)16/h8-9H,5-7H2,1-4H3,(H,13,17)(H,15,16). The highest BCUT2D eigenvalue weighted by molar-refractivity contribution is 5.85. The summed E-state index contributed by atoms with van der Waals surface area (Å²) in [4.78, 5) is 24.1. The zero-order chi connectivity index (χ0) is 13.9. The van der Waals surface area contributed by atoms with Crippen LogP contribution >= 0.6 is 0 Å². The predicted molar refractivity (Wildman–Crippen MR) is 66.4 cm³/mol. The molecule has 1 rings (SSSR count). The van der Waals surface area contributed by atoms with Gasteiger partial charge >= 0.3 is 12.0 Å². The van der Waals surface area contributed by atoms with Crippen molar-refractivity contribution >= 4 is 12.0 Å². The van der Waals surface area contributed by atoms with Crippen LogP contribution in [-0.2, 0) is 9.53 Å². The van der Waals surface area contributed by atoms with Crippen molar-refractivity contribution in [1.82, 2.24) is 10.2 Å². The molecule has 0 atom stereocenters. The van der Waals surface area contributed by atoms with E-state index in [9.17, 15) is 9.59 Å². The molecule has 0 aromatic rings. The fraction of sp³-hybridized carbons (Fsp3) is 0.833. The van der Waals surface area contributed by atoms with Gasteiger partial charge in [0.2, 0.25) is 0 Å². The number of amides is 2. The van der Waals surface area contributed by atoms with Gasteiger partial charge in [0.05, 0.1) is 6.10 Å². The maximum atomic E-state index is 11.9. The highest BCUT2D eigenvalue weighted by atomic mass is 16.5. The number of hydrogen-bond acceptors (Lipinski definition) is 3. The van der Waals surface area contributed by atoms with E-state index in [1.165, 1.54) is 25.8 Å². The van der Waals surface area contributed by atoms with Crippen LogP contribution in [0, 0.1) is 0 Å². The van der Waals surface area contributed by atoms with Gasteiger partial charge in [-0.15, -0.1) is 0 Å². The number of carboxylic acid groups (broad SMARTS) is 1. The summed E-state index contributed by atoms with van der Waals surface area (Å²) in [5, 5.41) is 11.8. The number of rotatable bonds is 5. The zero-order valence-electron chi connectivity index (χ0n) is 11.4. The summed E-state index contributed by atoms with van der Waals surface area (Å²) in [6.45, 7) is 5.61. The Kier molecular flexibility index (Phi) is 4.56. The molecular weight excluding hydrogens is 236 g/mol. The molecule has 104 valence electrons. The lowest BCUT2D eigenvalue weighted by Gasteiger charge is -2.38. The average Bonchev–Trinajstić information content (AvgIpc) is 2.24. The molecule has 2 amide bonds. The van der Waals surface area contributed by atoms with Crippen LogP contribution in [0.4, 0.5) is 4.79 Å². The van der Waals surface area contributed by atoms with Gasteiger partial charge in [-0.1, -0.05) is 0 Å². The molecule has 0 radical (unpaired) electrons. The third kappa shape index (κ3) is 3.13. The number of carbonyl (C=O) groups excluding carboxylic acids is 1. The Labute approximate surface area is 107 Å². The van der Waals surface area contributed by atoms with Crippen molar-refractivity contribution < 1.29 is 19.4 Å². The summed E-state index contributed by atoms with van der Waals surface area (Å²) in [7, 11) is 1.49. The largest absolute Gasteiger partial charge is 0.480 e. The summed E-state index contributed by atoms with van der Waals surface area (Å²) in [6.07, 6.45) is 1.81. The Bertz CT molecular complexity index is 324. The summed E-state index contributed by atoms with van der Waals surface area (Å²) in [5.41, 5.74) is -1.22. The molecule has 1 aliphatic rings. The summed E-state index contributed by atoms with van der Waals surface area (Å²) in [5.74, 6) is -1.03. The number of carboxylic acids is 1. The number of urea groups is 1. The molecule has 0 aromatic heterocycles. The van der Waals surface area contributed by atoms with E-state index in [1.807, 2.05) is 6.92 Å². The Hall–Kier alpha value is -1.30. The number of carbonyl (C=O) groups is 2. The van der Waals surface area contributed by atoms with Crippen molar-refractivity contribution in [3.63, 3.8) is 0 Å². The van der Waals surface area contributed by atoms with E-state index < -0.39 is 11.5 Å². The van der Waals surface area contributed by atoms with E-state index in [4.69, 9.17) is 9.84 Å². The van der Waals surface area contributed by atoms with Gasteiger partial charge in [0.15, 0.2) is 0 Å². The second kappa shape index (κ2) is 5.56. The maximum Gasteiger partial charge on any atom is 0.329 e. The molecule has 6 nitrogen and oxygen atoms in total. The number of nitrogens with one attached hydrogen (secondary N) is 1. The van der Waals surface area contributed by atoms with Gasteiger partial charge in [0, 0.05) is 19.7 Å². The van der Waals surface area contributed by atoms with Gasteiger partial charge < -0.3 is 20.1 Å². The van der Waals surface area contributed by atoms with E-state index in [-0.39, 0.29) is 18.2 Å². The molecule has 1 aliphatic carbocycles. The van der Waals surface area contributed by atoms with Crippen molar-refractivity contribution in [2.45, 2.75) is 51.3 Å². The number of aliphatic carboxylic acids is 1. The van der Waals surface area contributed by atoms with Gasteiger partial charge in [-0.05, 0) is 33.6 Å². The van der Waals surface area contributed by atoms with E-state index in [2.05, 4.69) is 5.32 Å². The number of likely N-dealkylation sites (N-methyl/N-ethyl adjacent to an activating group) is 1. The van der Waals surface area contributed by atoms with Crippen molar-refractivity contribution in [2.24, 2.45) is 0 Å². The van der Waals surface area contributed by atoms with Crippen LogP contribution in [0.3, 0.4) is 0 Å². The van der Waals surface area contributed by atoms with Crippen molar-refractivity contribution in [1.29, 1.82) is 0 Å². The van der Waals surface area contributed by atoms with Crippen molar-refractivity contribution in [2.75, 3.05) is 13.7 Å². The summed E-state index contributed by atoms with van der Waals surface area (Å²) >= 11 is 0.